The summed E-state index contributed by atoms with van der Waals surface area (Å²) in [5.74, 6) is 1.44. The fraction of sp³-hybridized carbons (Fsp3) is 0.333. The third-order valence-corrected chi connectivity index (χ3v) is 6.05. The molecule has 0 radical (unpaired) electrons. The van der Waals surface area contributed by atoms with Crippen molar-refractivity contribution in [1.29, 1.82) is 0 Å². The second kappa shape index (κ2) is 7.39. The number of hydrogen-bond donors (Lipinski definition) is 0. The predicted octanol–water partition coefficient (Wildman–Crippen LogP) is 4.02. The van der Waals surface area contributed by atoms with Gasteiger partial charge in [-0.15, -0.1) is 0 Å². The number of anilines is 1. The van der Waals surface area contributed by atoms with E-state index in [1.807, 2.05) is 47.4 Å². The molecule has 29 heavy (non-hydrogen) atoms. The average molecular weight is 390 g/mol. The Labute approximate surface area is 170 Å². The summed E-state index contributed by atoms with van der Waals surface area (Å²) in [5.41, 5.74) is 3.04. The lowest BCUT2D eigenvalue weighted by molar-refractivity contribution is 0.0978. The Balaban J connectivity index is 1.87. The number of aryl methyl sites for hydroxylation is 1. The first-order chi connectivity index (χ1) is 13.9. The van der Waals surface area contributed by atoms with Gasteiger partial charge in [0.05, 0.1) is 18.2 Å². The third-order valence-electron chi connectivity index (χ3n) is 6.05. The van der Waals surface area contributed by atoms with Gasteiger partial charge in [0.2, 0.25) is 0 Å². The number of ether oxygens (including phenoxy) is 1. The molecule has 2 aromatic carbocycles. The summed E-state index contributed by atoms with van der Waals surface area (Å²) in [6.45, 7) is 5.01. The number of carbonyl (C=O) groups excluding carboxylic acids is 1. The fourth-order valence-corrected chi connectivity index (χ4v) is 4.17. The van der Waals surface area contributed by atoms with Crippen LogP contribution in [0, 0.1) is 11.8 Å². The molecule has 5 heteroatoms. The summed E-state index contributed by atoms with van der Waals surface area (Å²) in [7, 11) is 3.38. The highest BCUT2D eigenvalue weighted by Gasteiger charge is 2.32. The highest BCUT2D eigenvalue weighted by Crippen LogP contribution is 2.36. The summed E-state index contributed by atoms with van der Waals surface area (Å²) in [6, 6.07) is 14.9. The van der Waals surface area contributed by atoms with Crippen LogP contribution in [0.5, 0.6) is 5.75 Å². The molecule has 1 amide bonds. The standard InChI is InChI=1S/C24H26N2O3/c1-15(2)17-11-16-12-18(29-4)9-10-21(16)26(14-17)24(28)20-13-23(27)25(3)22-8-6-5-7-19(20)22/h5-10,12-13,15,17H,11,14H2,1-4H3. The monoisotopic (exact) mass is 390 g/mol. The molecule has 4 rings (SSSR count). The maximum absolute atomic E-state index is 13.7. The molecule has 2 heterocycles. The van der Waals surface area contributed by atoms with Crippen LogP contribution in [0.15, 0.2) is 53.3 Å². The molecule has 0 spiro atoms. The van der Waals surface area contributed by atoms with E-state index in [2.05, 4.69) is 13.8 Å². The van der Waals surface area contributed by atoms with Crippen LogP contribution < -0.4 is 15.2 Å². The highest BCUT2D eigenvalue weighted by atomic mass is 16.5. The van der Waals surface area contributed by atoms with E-state index >= 15 is 0 Å². The number of benzene rings is 2. The normalized spacial score (nSPS) is 16.2. The number of aromatic nitrogens is 1. The summed E-state index contributed by atoms with van der Waals surface area (Å²) in [5, 5.41) is 0.793. The number of rotatable bonds is 3. The minimum absolute atomic E-state index is 0.129. The molecular formula is C24H26N2O3. The summed E-state index contributed by atoms with van der Waals surface area (Å²) in [4.78, 5) is 28.1. The molecule has 5 nitrogen and oxygen atoms in total. The van der Waals surface area contributed by atoms with E-state index in [4.69, 9.17) is 4.74 Å². The Morgan fingerprint density at radius 2 is 1.90 bits per heavy atom. The highest BCUT2D eigenvalue weighted by molar-refractivity contribution is 6.14. The molecule has 1 aliphatic rings. The van der Waals surface area contributed by atoms with Gasteiger partial charge in [-0.25, -0.2) is 0 Å². The number of hydrogen-bond acceptors (Lipinski definition) is 3. The second-order valence-corrected chi connectivity index (χ2v) is 8.09. The van der Waals surface area contributed by atoms with Crippen LogP contribution in [0.2, 0.25) is 0 Å². The lowest BCUT2D eigenvalue weighted by Crippen LogP contribution is -2.42. The molecule has 1 unspecified atom stereocenters. The zero-order chi connectivity index (χ0) is 20.7. The van der Waals surface area contributed by atoms with Gasteiger partial charge in [0.15, 0.2) is 0 Å². The molecule has 1 atom stereocenters. The lowest BCUT2D eigenvalue weighted by atomic mass is 9.84. The Morgan fingerprint density at radius 1 is 1.14 bits per heavy atom. The van der Waals surface area contributed by atoms with E-state index in [9.17, 15) is 9.59 Å². The van der Waals surface area contributed by atoms with Crippen molar-refractivity contribution in [1.82, 2.24) is 4.57 Å². The van der Waals surface area contributed by atoms with Gasteiger partial charge in [0.1, 0.15) is 5.75 Å². The van der Waals surface area contributed by atoms with Gasteiger partial charge in [0, 0.05) is 30.7 Å². The number of amides is 1. The number of methoxy groups -OCH3 is 1. The molecule has 3 aromatic rings. The largest absolute Gasteiger partial charge is 0.497 e. The van der Waals surface area contributed by atoms with Crippen LogP contribution in [0.1, 0.15) is 29.8 Å². The first-order valence-electron chi connectivity index (χ1n) is 9.98. The van der Waals surface area contributed by atoms with Crippen molar-refractivity contribution in [2.24, 2.45) is 18.9 Å². The first-order valence-corrected chi connectivity index (χ1v) is 9.98. The van der Waals surface area contributed by atoms with Crippen LogP contribution in [0.3, 0.4) is 0 Å². The van der Waals surface area contributed by atoms with Crippen LogP contribution in [-0.2, 0) is 13.5 Å². The van der Waals surface area contributed by atoms with Crippen molar-refractivity contribution >= 4 is 22.5 Å². The fourth-order valence-electron chi connectivity index (χ4n) is 4.17. The number of carbonyl (C=O) groups is 1. The lowest BCUT2D eigenvalue weighted by Gasteiger charge is -2.37. The summed E-state index contributed by atoms with van der Waals surface area (Å²) in [6.07, 6.45) is 0.908. The number of fused-ring (bicyclic) bond motifs is 2. The Bertz CT molecular complexity index is 1150. The molecule has 1 aliphatic heterocycles. The molecule has 150 valence electrons. The quantitative estimate of drug-likeness (QED) is 0.679. The van der Waals surface area contributed by atoms with Gasteiger partial charge < -0.3 is 14.2 Å². The molecule has 0 saturated carbocycles. The first kappa shape index (κ1) is 19.2. The molecular weight excluding hydrogens is 364 g/mol. The van der Waals surface area contributed by atoms with Gasteiger partial charge in [-0.05, 0) is 48.1 Å². The van der Waals surface area contributed by atoms with Gasteiger partial charge in [0.25, 0.3) is 11.5 Å². The topological polar surface area (TPSA) is 51.5 Å². The van der Waals surface area contributed by atoms with E-state index in [1.54, 1.807) is 18.7 Å². The number of nitrogens with zero attached hydrogens (tertiary/aromatic N) is 2. The smallest absolute Gasteiger partial charge is 0.259 e. The molecule has 0 N–H and O–H groups in total. The van der Waals surface area contributed by atoms with Crippen molar-refractivity contribution in [2.75, 3.05) is 18.6 Å². The zero-order valence-electron chi connectivity index (χ0n) is 17.3. The van der Waals surface area contributed by atoms with E-state index < -0.39 is 0 Å². The van der Waals surface area contributed by atoms with E-state index in [1.165, 1.54) is 6.07 Å². The van der Waals surface area contributed by atoms with Gasteiger partial charge in [-0.1, -0.05) is 32.0 Å². The Morgan fingerprint density at radius 3 is 2.62 bits per heavy atom. The Kier molecular flexibility index (Phi) is 4.91. The predicted molar refractivity (Wildman–Crippen MR) is 116 cm³/mol. The molecule has 0 saturated heterocycles. The van der Waals surface area contributed by atoms with Crippen molar-refractivity contribution in [3.05, 3.63) is 70.0 Å². The maximum Gasteiger partial charge on any atom is 0.259 e. The van der Waals surface area contributed by atoms with Crippen molar-refractivity contribution in [2.45, 2.75) is 20.3 Å². The minimum atomic E-state index is -0.181. The molecule has 0 aliphatic carbocycles. The SMILES string of the molecule is COc1ccc2c(c1)CC(C(C)C)CN2C(=O)c1cc(=O)n(C)c2ccccc12. The molecule has 0 fully saturated rings. The number of para-hydroxylation sites is 1. The van der Waals surface area contributed by atoms with E-state index in [0.717, 1.165) is 34.3 Å². The van der Waals surface area contributed by atoms with Gasteiger partial charge in [-0.3, -0.25) is 9.59 Å². The number of pyridine rings is 1. The molecule has 0 bridgehead atoms. The zero-order valence-corrected chi connectivity index (χ0v) is 17.3. The third kappa shape index (κ3) is 3.31. The van der Waals surface area contributed by atoms with E-state index in [-0.39, 0.29) is 11.5 Å². The second-order valence-electron chi connectivity index (χ2n) is 8.09. The van der Waals surface area contributed by atoms with Gasteiger partial charge >= 0.3 is 0 Å². The summed E-state index contributed by atoms with van der Waals surface area (Å²) >= 11 is 0. The van der Waals surface area contributed by atoms with Crippen molar-refractivity contribution < 1.29 is 9.53 Å². The minimum Gasteiger partial charge on any atom is -0.497 e. The maximum atomic E-state index is 13.7. The molecule has 1 aromatic heterocycles. The van der Waals surface area contributed by atoms with Crippen LogP contribution in [0.4, 0.5) is 5.69 Å². The summed E-state index contributed by atoms with van der Waals surface area (Å²) < 4.78 is 6.98. The van der Waals surface area contributed by atoms with E-state index in [0.29, 0.717) is 23.9 Å². The van der Waals surface area contributed by atoms with Crippen molar-refractivity contribution in [3.63, 3.8) is 0 Å². The average Bonchev–Trinajstić information content (AvgIpc) is 2.74. The van der Waals surface area contributed by atoms with Crippen LogP contribution >= 0.6 is 0 Å². The van der Waals surface area contributed by atoms with Gasteiger partial charge in [-0.2, -0.15) is 0 Å². The Hall–Kier alpha value is -3.08. The van der Waals surface area contributed by atoms with Crippen molar-refractivity contribution in [3.8, 4) is 5.75 Å². The van der Waals surface area contributed by atoms with Crippen LogP contribution in [0.25, 0.3) is 10.9 Å². The van der Waals surface area contributed by atoms with Crippen LogP contribution in [-0.4, -0.2) is 24.1 Å².